The first-order valence-electron chi connectivity index (χ1n) is 12.2. The number of amides is 2. The number of aromatic nitrogens is 2. The Labute approximate surface area is 225 Å². The second-order valence-corrected chi connectivity index (χ2v) is 8.32. The third-order valence-corrected chi connectivity index (χ3v) is 6.03. The van der Waals surface area contributed by atoms with Crippen LogP contribution in [0.3, 0.4) is 0 Å². The molecule has 2 amide bonds. The molecule has 1 aliphatic rings. The molecule has 0 bridgehead atoms. The van der Waals surface area contributed by atoms with Crippen LogP contribution in [0.2, 0.25) is 5.02 Å². The van der Waals surface area contributed by atoms with Gasteiger partial charge >= 0.3 is 5.69 Å². The Balaban J connectivity index is 0.00000121. The van der Waals surface area contributed by atoms with E-state index in [1.165, 1.54) is 26.3 Å². The van der Waals surface area contributed by atoms with E-state index in [0.717, 1.165) is 22.0 Å². The number of aromatic hydroxyl groups is 1. The fourth-order valence-electron chi connectivity index (χ4n) is 4.01. The number of anilines is 1. The summed E-state index contributed by atoms with van der Waals surface area (Å²) in [5.74, 6) is -0.947. The first-order valence-corrected chi connectivity index (χ1v) is 12.6. The molecule has 0 spiro atoms. The summed E-state index contributed by atoms with van der Waals surface area (Å²) < 4.78 is 7.18. The van der Waals surface area contributed by atoms with Crippen LogP contribution in [0.4, 0.5) is 5.69 Å². The Kier molecular flexibility index (Phi) is 11.4. The van der Waals surface area contributed by atoms with Gasteiger partial charge in [-0.2, -0.15) is 0 Å². The van der Waals surface area contributed by atoms with Gasteiger partial charge in [-0.3, -0.25) is 23.5 Å². The summed E-state index contributed by atoms with van der Waals surface area (Å²) in [5, 5.41) is 12.6. The van der Waals surface area contributed by atoms with E-state index in [1.807, 2.05) is 13.8 Å². The van der Waals surface area contributed by atoms with Crippen LogP contribution in [0, 0.1) is 0 Å². The van der Waals surface area contributed by atoms with Gasteiger partial charge in [0, 0.05) is 19.2 Å². The zero-order valence-corrected chi connectivity index (χ0v) is 22.7. The van der Waals surface area contributed by atoms with Gasteiger partial charge in [0.05, 0.1) is 28.7 Å². The van der Waals surface area contributed by atoms with Gasteiger partial charge in [-0.15, -0.1) is 0 Å². The van der Waals surface area contributed by atoms with Crippen molar-refractivity contribution < 1.29 is 19.4 Å². The van der Waals surface area contributed by atoms with Gasteiger partial charge in [0.2, 0.25) is 11.8 Å². The summed E-state index contributed by atoms with van der Waals surface area (Å²) in [6.45, 7) is 4.36. The predicted molar refractivity (Wildman–Crippen MR) is 148 cm³/mol. The molecule has 0 radical (unpaired) electrons. The van der Waals surface area contributed by atoms with Gasteiger partial charge in [-0.1, -0.05) is 37.6 Å². The van der Waals surface area contributed by atoms with Crippen LogP contribution < -0.4 is 27.0 Å². The van der Waals surface area contributed by atoms with Gasteiger partial charge in [0.25, 0.3) is 5.56 Å². The number of ether oxygens (including phenoxy) is 1. The van der Waals surface area contributed by atoms with Crippen molar-refractivity contribution in [3.8, 4) is 11.5 Å². The van der Waals surface area contributed by atoms with Crippen LogP contribution in [-0.2, 0) is 22.7 Å². The molecule has 206 valence electrons. The first-order chi connectivity index (χ1) is 18.3. The lowest BCUT2D eigenvalue weighted by atomic mass is 10.2. The third-order valence-electron chi connectivity index (χ3n) is 5.73. The van der Waals surface area contributed by atoms with Crippen LogP contribution in [-0.4, -0.2) is 58.2 Å². The van der Waals surface area contributed by atoms with Crippen LogP contribution in [0.1, 0.15) is 26.7 Å². The third kappa shape index (κ3) is 6.73. The van der Waals surface area contributed by atoms with E-state index in [4.69, 9.17) is 16.3 Å². The van der Waals surface area contributed by atoms with Crippen molar-refractivity contribution in [1.82, 2.24) is 14.0 Å². The monoisotopic (exact) mass is 547 g/mol. The van der Waals surface area contributed by atoms with Crippen molar-refractivity contribution in [3.63, 3.8) is 0 Å². The number of nitrogens with zero attached hydrogens (tertiary/aromatic N) is 3. The minimum absolute atomic E-state index is 0.00712. The molecule has 0 unspecified atom stereocenters. The number of likely N-dealkylation sites (tertiary alicyclic amines) is 1. The van der Waals surface area contributed by atoms with Crippen molar-refractivity contribution in [1.29, 1.82) is 0 Å². The van der Waals surface area contributed by atoms with E-state index in [1.54, 1.807) is 29.2 Å². The van der Waals surface area contributed by atoms with E-state index in [0.29, 0.717) is 13.1 Å². The number of phenols is 1. The number of para-hydroxylation sites is 1. The molecule has 1 fully saturated rings. The molecule has 0 saturated carbocycles. The van der Waals surface area contributed by atoms with E-state index < -0.39 is 30.2 Å². The summed E-state index contributed by atoms with van der Waals surface area (Å²) in [6, 6.07) is 8.99. The zero-order chi connectivity index (χ0) is 28.4. The molecule has 3 aromatic rings. The van der Waals surface area contributed by atoms with E-state index >= 15 is 0 Å². The number of hydrogen-bond donors (Lipinski definition) is 3. The molecule has 4 N–H and O–H groups in total. The van der Waals surface area contributed by atoms with E-state index in [-0.39, 0.29) is 39.0 Å². The Morgan fingerprint density at radius 1 is 1.05 bits per heavy atom. The zero-order valence-electron chi connectivity index (χ0n) is 22.0. The van der Waals surface area contributed by atoms with Crippen molar-refractivity contribution in [2.75, 3.05) is 32.6 Å². The minimum Gasteiger partial charge on any atom is -0.506 e. The SMILES string of the molecule is CC.CN.COc1cc(O)c(Cl)cc1NC(=O)Cn1c(=O)n(CC(=O)N2CCCC2)c(=O)c2ccccc21. The van der Waals surface area contributed by atoms with Crippen LogP contribution in [0.15, 0.2) is 46.0 Å². The minimum atomic E-state index is -0.762. The average Bonchev–Trinajstić information content (AvgIpc) is 3.48. The summed E-state index contributed by atoms with van der Waals surface area (Å²) in [7, 11) is 2.86. The van der Waals surface area contributed by atoms with Crippen LogP contribution >= 0.6 is 11.6 Å². The molecule has 1 aromatic heterocycles. The lowest BCUT2D eigenvalue weighted by Crippen LogP contribution is -2.45. The second kappa shape index (κ2) is 14.2. The summed E-state index contributed by atoms with van der Waals surface area (Å²) in [4.78, 5) is 53.4. The first kappa shape index (κ1) is 30.4. The summed E-state index contributed by atoms with van der Waals surface area (Å²) in [6.07, 6.45) is 1.76. The highest BCUT2D eigenvalue weighted by Gasteiger charge is 2.22. The van der Waals surface area contributed by atoms with Crippen molar-refractivity contribution in [2.45, 2.75) is 39.8 Å². The quantitative estimate of drug-likeness (QED) is 0.401. The number of phenolic OH excluding ortho intramolecular Hbond substituents is 1. The van der Waals surface area contributed by atoms with Crippen molar-refractivity contribution in [3.05, 3.63) is 62.3 Å². The standard InChI is InChI=1S/C23H23ClN4O6.C2H6.CH5N/c1-34-19-11-18(29)15(24)10-16(19)25-20(30)12-27-17-7-3-2-6-14(17)22(32)28(23(27)33)13-21(31)26-8-4-5-9-26;2*1-2/h2-3,6-7,10-11,29H,4-5,8-9,12-13H2,1H3,(H,25,30);1-2H3;2H2,1H3. The Morgan fingerprint density at radius 2 is 1.68 bits per heavy atom. The Bertz CT molecular complexity index is 1400. The number of rotatable bonds is 6. The largest absolute Gasteiger partial charge is 0.506 e. The molecular formula is C26H34ClN5O6. The molecule has 38 heavy (non-hydrogen) atoms. The number of halogens is 1. The highest BCUT2D eigenvalue weighted by molar-refractivity contribution is 6.32. The molecule has 1 saturated heterocycles. The maximum Gasteiger partial charge on any atom is 0.332 e. The summed E-state index contributed by atoms with van der Waals surface area (Å²) in [5.41, 5.74) is 3.62. The molecule has 1 aliphatic heterocycles. The van der Waals surface area contributed by atoms with Gasteiger partial charge in [0.1, 0.15) is 24.6 Å². The molecular weight excluding hydrogens is 514 g/mol. The van der Waals surface area contributed by atoms with E-state index in [2.05, 4.69) is 11.1 Å². The van der Waals surface area contributed by atoms with Gasteiger partial charge in [-0.25, -0.2) is 4.79 Å². The molecule has 11 nitrogen and oxygen atoms in total. The number of fused-ring (bicyclic) bond motifs is 1. The molecule has 4 rings (SSSR count). The highest BCUT2D eigenvalue weighted by atomic mass is 35.5. The van der Waals surface area contributed by atoms with Crippen molar-refractivity contribution >= 4 is 40.0 Å². The highest BCUT2D eigenvalue weighted by Crippen LogP contribution is 2.35. The number of carbonyl (C=O) groups excluding carboxylic acids is 2. The second-order valence-electron chi connectivity index (χ2n) is 7.92. The lowest BCUT2D eigenvalue weighted by molar-refractivity contribution is -0.130. The molecule has 2 heterocycles. The fraction of sp³-hybridized carbons (Fsp3) is 0.385. The number of nitrogens with one attached hydrogen (secondary N) is 1. The maximum atomic E-state index is 13.3. The number of methoxy groups -OCH3 is 1. The van der Waals surface area contributed by atoms with Crippen molar-refractivity contribution in [2.24, 2.45) is 5.73 Å². The molecule has 0 aliphatic carbocycles. The lowest BCUT2D eigenvalue weighted by Gasteiger charge is -2.18. The van der Waals surface area contributed by atoms with Gasteiger partial charge in [-0.05, 0) is 38.1 Å². The Hall–Kier alpha value is -3.83. The predicted octanol–water partition coefficient (Wildman–Crippen LogP) is 2.39. The topological polar surface area (TPSA) is 149 Å². The van der Waals surface area contributed by atoms with Crippen LogP contribution in [0.25, 0.3) is 10.9 Å². The number of hydrogen-bond acceptors (Lipinski definition) is 7. The fourth-order valence-corrected chi connectivity index (χ4v) is 4.17. The molecule has 12 heteroatoms. The number of carbonyl (C=O) groups is 2. The maximum absolute atomic E-state index is 13.3. The van der Waals surface area contributed by atoms with E-state index in [9.17, 15) is 24.3 Å². The normalized spacial score (nSPS) is 12.2. The van der Waals surface area contributed by atoms with Gasteiger partial charge < -0.3 is 25.8 Å². The number of nitrogens with two attached hydrogens (primary N) is 1. The van der Waals surface area contributed by atoms with Gasteiger partial charge in [0.15, 0.2) is 0 Å². The average molecular weight is 548 g/mol. The Morgan fingerprint density at radius 3 is 2.32 bits per heavy atom. The smallest absolute Gasteiger partial charge is 0.332 e. The summed E-state index contributed by atoms with van der Waals surface area (Å²) >= 11 is 5.94. The molecule has 0 atom stereocenters. The van der Waals surface area contributed by atoms with Crippen LogP contribution in [0.5, 0.6) is 11.5 Å². The molecule has 2 aromatic carbocycles. The number of benzene rings is 2.